The first kappa shape index (κ1) is 13.2. The molecule has 1 aromatic carbocycles. The summed E-state index contributed by atoms with van der Waals surface area (Å²) in [6.07, 6.45) is 0.467. The minimum Gasteiger partial charge on any atom is -0.325 e. The Labute approximate surface area is 101 Å². The van der Waals surface area contributed by atoms with E-state index in [1.807, 2.05) is 26.0 Å². The van der Waals surface area contributed by atoms with Gasteiger partial charge in [0.25, 0.3) is 0 Å². The van der Waals surface area contributed by atoms with Gasteiger partial charge >= 0.3 is 0 Å². The first-order valence-electron chi connectivity index (χ1n) is 5.65. The minimum atomic E-state index is -0.157. The molecule has 0 bridgehead atoms. The number of anilines is 2. The van der Waals surface area contributed by atoms with Crippen molar-refractivity contribution in [2.45, 2.75) is 27.2 Å². The number of hydrogen-bond acceptors (Lipinski definition) is 2. The smallest absolute Gasteiger partial charge is 0.224 e. The molecule has 2 N–H and O–H groups in total. The van der Waals surface area contributed by atoms with Crippen molar-refractivity contribution in [2.24, 2.45) is 5.92 Å². The van der Waals surface area contributed by atoms with Gasteiger partial charge in [-0.15, -0.1) is 0 Å². The highest BCUT2D eigenvalue weighted by molar-refractivity contribution is 5.98. The number of benzene rings is 1. The molecule has 0 aliphatic rings. The molecule has 1 aromatic rings. The highest BCUT2D eigenvalue weighted by Gasteiger charge is 2.08. The van der Waals surface area contributed by atoms with E-state index in [9.17, 15) is 9.59 Å². The van der Waals surface area contributed by atoms with Crippen LogP contribution < -0.4 is 10.6 Å². The maximum atomic E-state index is 11.6. The standard InChI is InChI=1S/C13H18N2O2/c1-9(2)8-13(17)15-12-7-5-4-6-11(12)14-10(3)16/h4-7,9H,8H2,1-3H3,(H,14,16)(H,15,17). The number of carbonyl (C=O) groups excluding carboxylic acids is 2. The van der Waals surface area contributed by atoms with E-state index in [4.69, 9.17) is 0 Å². The van der Waals surface area contributed by atoms with Crippen molar-refractivity contribution in [1.29, 1.82) is 0 Å². The maximum absolute atomic E-state index is 11.6. The zero-order valence-electron chi connectivity index (χ0n) is 10.4. The molecule has 0 heterocycles. The number of nitrogens with one attached hydrogen (secondary N) is 2. The lowest BCUT2D eigenvalue weighted by atomic mass is 10.1. The molecule has 0 atom stereocenters. The minimum absolute atomic E-state index is 0.0437. The van der Waals surface area contributed by atoms with E-state index in [0.717, 1.165) is 0 Å². The number of rotatable bonds is 4. The molecule has 0 aromatic heterocycles. The third-order valence-electron chi connectivity index (χ3n) is 2.11. The van der Waals surface area contributed by atoms with E-state index in [-0.39, 0.29) is 11.8 Å². The van der Waals surface area contributed by atoms with Crippen molar-refractivity contribution in [2.75, 3.05) is 10.6 Å². The Kier molecular flexibility index (Phi) is 4.69. The average molecular weight is 234 g/mol. The highest BCUT2D eigenvalue weighted by Crippen LogP contribution is 2.21. The summed E-state index contributed by atoms with van der Waals surface area (Å²) in [5, 5.41) is 5.47. The lowest BCUT2D eigenvalue weighted by molar-refractivity contribution is -0.117. The summed E-state index contributed by atoms with van der Waals surface area (Å²) < 4.78 is 0. The van der Waals surface area contributed by atoms with Gasteiger partial charge in [0.15, 0.2) is 0 Å². The SMILES string of the molecule is CC(=O)Nc1ccccc1NC(=O)CC(C)C. The number of amides is 2. The summed E-state index contributed by atoms with van der Waals surface area (Å²) in [6, 6.07) is 7.15. The molecule has 0 aliphatic heterocycles. The largest absolute Gasteiger partial charge is 0.325 e. The molecule has 4 heteroatoms. The predicted molar refractivity (Wildman–Crippen MR) is 68.8 cm³/mol. The van der Waals surface area contributed by atoms with Gasteiger partial charge in [-0.05, 0) is 18.1 Å². The van der Waals surface area contributed by atoms with Gasteiger partial charge < -0.3 is 10.6 Å². The molecule has 0 fully saturated rings. The van der Waals surface area contributed by atoms with E-state index >= 15 is 0 Å². The zero-order chi connectivity index (χ0) is 12.8. The molecule has 4 nitrogen and oxygen atoms in total. The number of hydrogen-bond donors (Lipinski definition) is 2. The van der Waals surface area contributed by atoms with Gasteiger partial charge in [0.2, 0.25) is 11.8 Å². The second-order valence-corrected chi connectivity index (χ2v) is 4.37. The highest BCUT2D eigenvalue weighted by atomic mass is 16.2. The lowest BCUT2D eigenvalue weighted by Gasteiger charge is -2.12. The van der Waals surface area contributed by atoms with Crippen LogP contribution in [-0.2, 0) is 9.59 Å². The quantitative estimate of drug-likeness (QED) is 0.841. The second-order valence-electron chi connectivity index (χ2n) is 4.37. The van der Waals surface area contributed by atoms with E-state index < -0.39 is 0 Å². The molecule has 0 spiro atoms. The predicted octanol–water partition coefficient (Wildman–Crippen LogP) is 2.63. The van der Waals surface area contributed by atoms with Crippen molar-refractivity contribution >= 4 is 23.2 Å². The third kappa shape index (κ3) is 4.68. The molecule has 2 amide bonds. The Morgan fingerprint density at radius 3 is 2.12 bits per heavy atom. The second kappa shape index (κ2) is 6.03. The van der Waals surface area contributed by atoms with Crippen LogP contribution in [0, 0.1) is 5.92 Å². The van der Waals surface area contributed by atoms with Crippen molar-refractivity contribution in [3.63, 3.8) is 0 Å². The summed E-state index contributed by atoms with van der Waals surface area (Å²) in [6.45, 7) is 5.41. The monoisotopic (exact) mass is 234 g/mol. The van der Waals surface area contributed by atoms with Gasteiger partial charge in [-0.25, -0.2) is 0 Å². The van der Waals surface area contributed by atoms with Gasteiger partial charge in [-0.2, -0.15) is 0 Å². The van der Waals surface area contributed by atoms with Crippen LogP contribution in [0.2, 0.25) is 0 Å². The molecular weight excluding hydrogens is 216 g/mol. The number of carbonyl (C=O) groups is 2. The van der Waals surface area contributed by atoms with E-state index in [1.54, 1.807) is 12.1 Å². The van der Waals surface area contributed by atoms with Gasteiger partial charge in [0.1, 0.15) is 0 Å². The van der Waals surface area contributed by atoms with Crippen LogP contribution in [0.15, 0.2) is 24.3 Å². The van der Waals surface area contributed by atoms with Gasteiger partial charge in [0, 0.05) is 13.3 Å². The van der Waals surface area contributed by atoms with Gasteiger partial charge in [-0.3, -0.25) is 9.59 Å². The van der Waals surface area contributed by atoms with Gasteiger partial charge in [0.05, 0.1) is 11.4 Å². The van der Waals surface area contributed by atoms with Gasteiger partial charge in [-0.1, -0.05) is 26.0 Å². The number of para-hydroxylation sites is 2. The van der Waals surface area contributed by atoms with E-state index in [2.05, 4.69) is 10.6 Å². The summed E-state index contributed by atoms with van der Waals surface area (Å²) in [5.74, 6) is 0.108. The molecule has 1 rings (SSSR count). The van der Waals surface area contributed by atoms with Crippen LogP contribution in [-0.4, -0.2) is 11.8 Å². The Bertz CT molecular complexity index is 414. The van der Waals surface area contributed by atoms with Crippen LogP contribution in [0.1, 0.15) is 27.2 Å². The Hall–Kier alpha value is -1.84. The van der Waals surface area contributed by atoms with Crippen molar-refractivity contribution in [3.05, 3.63) is 24.3 Å². The fraction of sp³-hybridized carbons (Fsp3) is 0.385. The Balaban J connectivity index is 2.76. The molecule has 0 saturated heterocycles. The Morgan fingerprint density at radius 1 is 1.12 bits per heavy atom. The molecule has 17 heavy (non-hydrogen) atoms. The fourth-order valence-corrected chi connectivity index (χ4v) is 1.46. The molecule has 92 valence electrons. The topological polar surface area (TPSA) is 58.2 Å². The first-order chi connectivity index (χ1) is 7.99. The summed E-state index contributed by atoms with van der Waals surface area (Å²) in [7, 11) is 0. The van der Waals surface area contributed by atoms with Crippen LogP contribution in [0.25, 0.3) is 0 Å². The average Bonchev–Trinajstić information content (AvgIpc) is 2.18. The third-order valence-corrected chi connectivity index (χ3v) is 2.11. The van der Waals surface area contributed by atoms with Crippen molar-refractivity contribution in [1.82, 2.24) is 0 Å². The van der Waals surface area contributed by atoms with E-state index in [0.29, 0.717) is 23.7 Å². The molecule has 0 saturated carbocycles. The summed E-state index contributed by atoms with van der Waals surface area (Å²) in [4.78, 5) is 22.6. The van der Waals surface area contributed by atoms with Crippen LogP contribution >= 0.6 is 0 Å². The molecule has 0 radical (unpaired) electrons. The summed E-state index contributed by atoms with van der Waals surface area (Å²) in [5.41, 5.74) is 1.26. The lowest BCUT2D eigenvalue weighted by Crippen LogP contribution is -2.16. The summed E-state index contributed by atoms with van der Waals surface area (Å²) >= 11 is 0. The molecule has 0 aliphatic carbocycles. The fourth-order valence-electron chi connectivity index (χ4n) is 1.46. The van der Waals surface area contributed by atoms with Crippen LogP contribution in [0.5, 0.6) is 0 Å². The maximum Gasteiger partial charge on any atom is 0.224 e. The molecule has 0 unspecified atom stereocenters. The van der Waals surface area contributed by atoms with Crippen LogP contribution in [0.4, 0.5) is 11.4 Å². The first-order valence-corrected chi connectivity index (χ1v) is 5.65. The van der Waals surface area contributed by atoms with Crippen molar-refractivity contribution in [3.8, 4) is 0 Å². The Morgan fingerprint density at radius 2 is 1.65 bits per heavy atom. The van der Waals surface area contributed by atoms with Crippen molar-refractivity contribution < 1.29 is 9.59 Å². The normalized spacial score (nSPS) is 10.1. The van der Waals surface area contributed by atoms with E-state index in [1.165, 1.54) is 6.92 Å². The zero-order valence-corrected chi connectivity index (χ0v) is 10.4. The van der Waals surface area contributed by atoms with Crippen LogP contribution in [0.3, 0.4) is 0 Å². The molecular formula is C13H18N2O2.